The Morgan fingerprint density at radius 2 is 2.07 bits per heavy atom. The van der Waals surface area contributed by atoms with Crippen molar-refractivity contribution in [2.45, 2.75) is 64.7 Å². The number of hydrogen-bond donors (Lipinski definition) is 2. The molecule has 156 valence electrons. The van der Waals surface area contributed by atoms with Gasteiger partial charge in [-0.2, -0.15) is 0 Å². The summed E-state index contributed by atoms with van der Waals surface area (Å²) in [5, 5.41) is 5.03. The quantitative estimate of drug-likeness (QED) is 0.712. The Labute approximate surface area is 176 Å². The summed E-state index contributed by atoms with van der Waals surface area (Å²) in [6.45, 7) is 9.58. The molecule has 0 saturated heterocycles. The summed E-state index contributed by atoms with van der Waals surface area (Å²) in [5.41, 5.74) is 6.29. The van der Waals surface area contributed by atoms with Crippen molar-refractivity contribution < 1.29 is 14.3 Å². The van der Waals surface area contributed by atoms with Gasteiger partial charge >= 0.3 is 6.09 Å². The van der Waals surface area contributed by atoms with Crippen LogP contribution in [0.25, 0.3) is 0 Å². The highest BCUT2D eigenvalue weighted by atomic mass is 32.1. The van der Waals surface area contributed by atoms with Crippen molar-refractivity contribution in [2.75, 3.05) is 0 Å². The van der Waals surface area contributed by atoms with Gasteiger partial charge in [0.15, 0.2) is 6.10 Å². The Bertz CT molecular complexity index is 903. The van der Waals surface area contributed by atoms with Crippen LogP contribution < -0.4 is 15.8 Å². The third-order valence-electron chi connectivity index (χ3n) is 4.70. The van der Waals surface area contributed by atoms with Gasteiger partial charge in [0, 0.05) is 4.88 Å². The third-order valence-corrected chi connectivity index (χ3v) is 5.79. The Morgan fingerprint density at radius 3 is 2.69 bits per heavy atom. The zero-order valence-corrected chi connectivity index (χ0v) is 18.4. The number of thiophene rings is 1. The van der Waals surface area contributed by atoms with E-state index in [-0.39, 0.29) is 6.10 Å². The van der Waals surface area contributed by atoms with E-state index >= 15 is 0 Å². The molecule has 1 aromatic heterocycles. The van der Waals surface area contributed by atoms with Crippen LogP contribution in [0.15, 0.2) is 40.7 Å². The summed E-state index contributed by atoms with van der Waals surface area (Å²) in [6, 6.07) is 9.72. The van der Waals surface area contributed by atoms with Gasteiger partial charge in [-0.3, -0.25) is 0 Å². The fraction of sp³-hybridized carbons (Fsp3) is 0.455. The molecule has 0 bridgehead atoms. The lowest BCUT2D eigenvalue weighted by Gasteiger charge is -2.33. The standard InChI is InChI=1S/C22H29N3O3S/c1-6-8-17-19(23)24-15-13-14(10-11-16(15)27-17)22(5,18-9-7-12-29-18)25-20(26)28-21(2,3)4/h7,9-13,17H,6,8H2,1-5H3,(H2,23,24)(H,25,26). The molecular formula is C22H29N3O3S. The number of carbonyl (C=O) groups is 1. The Balaban J connectivity index is 1.97. The summed E-state index contributed by atoms with van der Waals surface area (Å²) in [7, 11) is 0. The number of amidine groups is 1. The minimum absolute atomic E-state index is 0.193. The average Bonchev–Trinajstić information content (AvgIpc) is 3.15. The minimum Gasteiger partial charge on any atom is -0.480 e. The molecule has 1 amide bonds. The highest BCUT2D eigenvalue weighted by Gasteiger charge is 2.35. The number of fused-ring (bicyclic) bond motifs is 1. The molecule has 3 rings (SSSR count). The number of alkyl carbamates (subject to hydrolysis) is 1. The topological polar surface area (TPSA) is 85.9 Å². The molecule has 2 atom stereocenters. The van der Waals surface area contributed by atoms with Crippen LogP contribution >= 0.6 is 11.3 Å². The number of hydrogen-bond acceptors (Lipinski definition) is 6. The molecule has 2 unspecified atom stereocenters. The van der Waals surface area contributed by atoms with Gasteiger partial charge in [0.2, 0.25) is 0 Å². The Morgan fingerprint density at radius 1 is 1.31 bits per heavy atom. The Hall–Kier alpha value is -2.54. The van der Waals surface area contributed by atoms with Gasteiger partial charge in [-0.25, -0.2) is 9.79 Å². The van der Waals surface area contributed by atoms with Crippen molar-refractivity contribution in [1.82, 2.24) is 5.32 Å². The lowest BCUT2D eigenvalue weighted by atomic mass is 9.89. The lowest BCUT2D eigenvalue weighted by molar-refractivity contribution is 0.0481. The summed E-state index contributed by atoms with van der Waals surface area (Å²) in [5.74, 6) is 1.18. The van der Waals surface area contributed by atoms with E-state index in [1.165, 1.54) is 0 Å². The maximum atomic E-state index is 12.6. The van der Waals surface area contributed by atoms with Gasteiger partial charge in [0.25, 0.3) is 0 Å². The monoisotopic (exact) mass is 415 g/mol. The highest BCUT2D eigenvalue weighted by molar-refractivity contribution is 7.10. The predicted molar refractivity (Wildman–Crippen MR) is 117 cm³/mol. The summed E-state index contributed by atoms with van der Waals surface area (Å²) < 4.78 is 11.5. The molecular weight excluding hydrogens is 386 g/mol. The minimum atomic E-state index is -0.782. The van der Waals surface area contributed by atoms with Crippen LogP contribution in [0.4, 0.5) is 10.5 Å². The number of ether oxygens (including phenoxy) is 2. The van der Waals surface area contributed by atoms with Crippen LogP contribution in [0.2, 0.25) is 0 Å². The van der Waals surface area contributed by atoms with Crippen molar-refractivity contribution >= 4 is 29.0 Å². The smallest absolute Gasteiger partial charge is 0.408 e. The summed E-state index contributed by atoms with van der Waals surface area (Å²) in [6.07, 6.45) is 1.11. The van der Waals surface area contributed by atoms with Crippen LogP contribution in [0.1, 0.15) is 57.9 Å². The maximum Gasteiger partial charge on any atom is 0.408 e. The van der Waals surface area contributed by atoms with Crippen LogP contribution in [0.3, 0.4) is 0 Å². The molecule has 6 nitrogen and oxygen atoms in total. The van der Waals surface area contributed by atoms with Gasteiger partial charge in [-0.1, -0.05) is 25.5 Å². The second-order valence-corrected chi connectivity index (χ2v) is 9.29. The van der Waals surface area contributed by atoms with Crippen LogP contribution in [0, 0.1) is 0 Å². The molecule has 0 aliphatic carbocycles. The second-order valence-electron chi connectivity index (χ2n) is 8.34. The van der Waals surface area contributed by atoms with E-state index in [2.05, 4.69) is 17.2 Å². The zero-order valence-electron chi connectivity index (χ0n) is 17.6. The fourth-order valence-electron chi connectivity index (χ4n) is 3.26. The van der Waals surface area contributed by atoms with E-state index in [1.807, 2.05) is 63.4 Å². The van der Waals surface area contributed by atoms with E-state index in [9.17, 15) is 4.79 Å². The van der Waals surface area contributed by atoms with E-state index in [0.717, 1.165) is 23.3 Å². The van der Waals surface area contributed by atoms with Crippen LogP contribution in [-0.4, -0.2) is 23.6 Å². The Kier molecular flexibility index (Phi) is 5.89. The molecule has 2 heterocycles. The molecule has 1 aliphatic rings. The van der Waals surface area contributed by atoms with Crippen molar-refractivity contribution in [3.05, 3.63) is 46.2 Å². The van der Waals surface area contributed by atoms with Gasteiger partial charge in [-0.15, -0.1) is 11.3 Å². The maximum absolute atomic E-state index is 12.6. The van der Waals surface area contributed by atoms with E-state index in [1.54, 1.807) is 11.3 Å². The first kappa shape index (κ1) is 21.2. The molecule has 1 aromatic carbocycles. The normalized spacial score (nSPS) is 18.1. The molecule has 0 fully saturated rings. The number of nitrogens with zero attached hydrogens (tertiary/aromatic N) is 1. The molecule has 3 N–H and O–H groups in total. The number of nitrogens with one attached hydrogen (secondary N) is 1. The van der Waals surface area contributed by atoms with Gasteiger partial charge in [0.05, 0.1) is 0 Å². The van der Waals surface area contributed by atoms with E-state index in [4.69, 9.17) is 15.2 Å². The average molecular weight is 416 g/mol. The van der Waals surface area contributed by atoms with Crippen molar-refractivity contribution in [1.29, 1.82) is 0 Å². The zero-order chi connectivity index (χ0) is 21.2. The first-order valence-electron chi connectivity index (χ1n) is 9.83. The number of benzene rings is 1. The number of rotatable bonds is 5. The SMILES string of the molecule is CCCC1Oc2ccc(C(C)(NC(=O)OC(C)(C)C)c3cccs3)cc2N=C1N. The number of carbonyl (C=O) groups excluding carboxylic acids is 1. The third kappa shape index (κ3) is 4.72. The molecule has 2 aromatic rings. The largest absolute Gasteiger partial charge is 0.480 e. The molecule has 29 heavy (non-hydrogen) atoms. The highest BCUT2D eigenvalue weighted by Crippen LogP contribution is 2.39. The van der Waals surface area contributed by atoms with Crippen LogP contribution in [0.5, 0.6) is 5.75 Å². The molecule has 7 heteroatoms. The van der Waals surface area contributed by atoms with Crippen molar-refractivity contribution in [2.24, 2.45) is 10.7 Å². The predicted octanol–water partition coefficient (Wildman–Crippen LogP) is 5.09. The lowest BCUT2D eigenvalue weighted by Crippen LogP contribution is -2.46. The number of nitrogens with two attached hydrogens (primary N) is 1. The summed E-state index contributed by atoms with van der Waals surface area (Å²) in [4.78, 5) is 18.2. The number of aliphatic imine (C=N–C) groups is 1. The van der Waals surface area contributed by atoms with E-state index < -0.39 is 17.2 Å². The van der Waals surface area contributed by atoms with Crippen molar-refractivity contribution in [3.8, 4) is 5.75 Å². The van der Waals surface area contributed by atoms with Crippen molar-refractivity contribution in [3.63, 3.8) is 0 Å². The number of amides is 1. The van der Waals surface area contributed by atoms with Crippen LogP contribution in [-0.2, 0) is 10.3 Å². The molecule has 0 radical (unpaired) electrons. The first-order chi connectivity index (χ1) is 13.6. The molecule has 0 spiro atoms. The van der Waals surface area contributed by atoms with E-state index in [0.29, 0.717) is 17.3 Å². The van der Waals surface area contributed by atoms with Gasteiger partial charge in [0.1, 0.15) is 28.4 Å². The molecule has 1 aliphatic heterocycles. The first-order valence-corrected chi connectivity index (χ1v) is 10.7. The fourth-order valence-corrected chi connectivity index (χ4v) is 4.12. The van der Waals surface area contributed by atoms with Gasteiger partial charge in [-0.05, 0) is 63.3 Å². The summed E-state index contributed by atoms with van der Waals surface area (Å²) >= 11 is 1.57. The van der Waals surface area contributed by atoms with Gasteiger partial charge < -0.3 is 20.5 Å². The second kappa shape index (κ2) is 8.06. The molecule has 0 saturated carbocycles.